The fourth-order valence-electron chi connectivity index (χ4n) is 2.55. The zero-order valence-electron chi connectivity index (χ0n) is 15.3. The van der Waals surface area contributed by atoms with E-state index in [4.69, 9.17) is 9.05 Å². The highest BCUT2D eigenvalue weighted by atomic mass is 31.2. The average Bonchev–Trinajstić information content (AvgIpc) is 2.59. The Morgan fingerprint density at radius 1 is 1.08 bits per heavy atom. The molecule has 0 spiro atoms. The van der Waals surface area contributed by atoms with E-state index in [1.54, 1.807) is 50.2 Å². The molecule has 0 saturated heterocycles. The first-order valence-corrected chi connectivity index (χ1v) is 10.1. The normalized spacial score (nSPS) is 13.8. The van der Waals surface area contributed by atoms with Crippen molar-refractivity contribution >= 4 is 13.8 Å². The molecule has 0 radical (unpaired) electrons. The van der Waals surface area contributed by atoms with E-state index in [1.807, 2.05) is 18.2 Å². The van der Waals surface area contributed by atoms with Gasteiger partial charge in [-0.05, 0) is 49.9 Å². The summed E-state index contributed by atoms with van der Waals surface area (Å²) >= 11 is 0. The Morgan fingerprint density at radius 2 is 1.69 bits per heavy atom. The van der Waals surface area contributed by atoms with E-state index in [0.717, 1.165) is 24.8 Å². The molecule has 0 aliphatic carbocycles. The minimum Gasteiger partial charge on any atom is -0.367 e. The van der Waals surface area contributed by atoms with Crippen LogP contribution < -0.4 is 0 Å². The smallest absolute Gasteiger partial charge is 0.367 e. The molecule has 26 heavy (non-hydrogen) atoms. The Hall–Kier alpha value is -1.94. The van der Waals surface area contributed by atoms with Crippen molar-refractivity contribution in [2.45, 2.75) is 45.6 Å². The molecule has 0 aromatic heterocycles. The number of carbonyl (C=O) groups excluding carboxylic acids is 1. The highest BCUT2D eigenvalue weighted by molar-refractivity contribution is 7.48. The quantitative estimate of drug-likeness (QED) is 0.638. The van der Waals surface area contributed by atoms with Crippen LogP contribution in [-0.2, 0) is 25.6 Å². The van der Waals surface area contributed by atoms with Crippen LogP contribution in [0.3, 0.4) is 0 Å². The number of unbranched alkanes of at least 4 members (excludes halogenated alkanes) is 1. The van der Waals surface area contributed by atoms with Gasteiger partial charge in [0.15, 0.2) is 0 Å². The molecule has 2 aromatic carbocycles. The summed E-state index contributed by atoms with van der Waals surface area (Å²) in [5.74, 6) is -0.887. The van der Waals surface area contributed by atoms with Crippen molar-refractivity contribution in [2.75, 3.05) is 0 Å². The maximum absolute atomic E-state index is 12.3. The SMILES string of the molecule is CCCCc1ccc(C(=O)OP(=O)(O)OC(C)(C)c2ccccc2)cc1. The molecule has 0 saturated carbocycles. The van der Waals surface area contributed by atoms with Gasteiger partial charge in [-0.25, -0.2) is 9.36 Å². The lowest BCUT2D eigenvalue weighted by Crippen LogP contribution is -2.21. The highest BCUT2D eigenvalue weighted by Crippen LogP contribution is 2.50. The standard InChI is InChI=1S/C20H25O5P/c1-4-5-9-16-12-14-17(15-13-16)19(21)24-26(22,23)25-20(2,3)18-10-7-6-8-11-18/h6-8,10-15H,4-5,9H2,1-3H3,(H,22,23). The minimum absolute atomic E-state index is 0.209. The number of benzene rings is 2. The van der Waals surface area contributed by atoms with Gasteiger partial charge in [0.1, 0.15) is 5.60 Å². The summed E-state index contributed by atoms with van der Waals surface area (Å²) in [7, 11) is -4.58. The predicted octanol–water partition coefficient (Wildman–Crippen LogP) is 5.24. The number of hydrogen-bond donors (Lipinski definition) is 1. The first-order valence-electron chi connectivity index (χ1n) is 8.65. The number of phosphoric ester groups is 1. The molecular weight excluding hydrogens is 351 g/mol. The molecule has 1 unspecified atom stereocenters. The molecule has 5 nitrogen and oxygen atoms in total. The molecule has 6 heteroatoms. The third-order valence-electron chi connectivity index (χ3n) is 4.02. The molecule has 0 fully saturated rings. The molecular formula is C20H25O5P. The van der Waals surface area contributed by atoms with Crippen LogP contribution in [0.4, 0.5) is 0 Å². The van der Waals surface area contributed by atoms with Crippen LogP contribution in [0.25, 0.3) is 0 Å². The zero-order chi connectivity index (χ0) is 19.2. The summed E-state index contributed by atoms with van der Waals surface area (Å²) in [5.41, 5.74) is 0.929. The Morgan fingerprint density at radius 3 is 2.27 bits per heavy atom. The Balaban J connectivity index is 2.04. The summed E-state index contributed by atoms with van der Waals surface area (Å²) in [6, 6.07) is 15.8. The number of phosphoric acid groups is 1. The Labute approximate surface area is 154 Å². The van der Waals surface area contributed by atoms with Crippen molar-refractivity contribution in [1.29, 1.82) is 0 Å². The molecule has 0 aliphatic heterocycles. The summed E-state index contributed by atoms with van der Waals surface area (Å²) in [4.78, 5) is 22.2. The molecule has 0 heterocycles. The van der Waals surface area contributed by atoms with E-state index in [0.29, 0.717) is 5.56 Å². The van der Waals surface area contributed by atoms with E-state index < -0.39 is 19.4 Å². The van der Waals surface area contributed by atoms with Gasteiger partial charge in [0.25, 0.3) is 0 Å². The molecule has 1 atom stereocenters. The maximum Gasteiger partial charge on any atom is 0.530 e. The zero-order valence-corrected chi connectivity index (χ0v) is 16.2. The van der Waals surface area contributed by atoms with Crippen molar-refractivity contribution in [3.05, 3.63) is 71.3 Å². The molecule has 140 valence electrons. The molecule has 2 rings (SSSR count). The van der Waals surface area contributed by atoms with Crippen LogP contribution in [0.5, 0.6) is 0 Å². The van der Waals surface area contributed by atoms with Crippen LogP contribution >= 0.6 is 7.82 Å². The van der Waals surface area contributed by atoms with Gasteiger partial charge in [0.05, 0.1) is 5.56 Å². The van der Waals surface area contributed by atoms with Crippen LogP contribution in [0.2, 0.25) is 0 Å². The van der Waals surface area contributed by atoms with E-state index in [1.165, 1.54) is 0 Å². The predicted molar refractivity (Wildman–Crippen MR) is 101 cm³/mol. The van der Waals surface area contributed by atoms with Gasteiger partial charge in [-0.1, -0.05) is 55.8 Å². The van der Waals surface area contributed by atoms with Crippen molar-refractivity contribution in [3.63, 3.8) is 0 Å². The topological polar surface area (TPSA) is 72.8 Å². The number of aryl methyl sites for hydroxylation is 1. The lowest BCUT2D eigenvalue weighted by atomic mass is 9.99. The fourth-order valence-corrected chi connectivity index (χ4v) is 3.58. The Kier molecular flexibility index (Phi) is 6.76. The third-order valence-corrected chi connectivity index (χ3v) is 5.10. The second-order valence-corrected chi connectivity index (χ2v) is 7.92. The minimum atomic E-state index is -4.58. The van der Waals surface area contributed by atoms with Crippen molar-refractivity contribution in [3.8, 4) is 0 Å². The van der Waals surface area contributed by atoms with E-state index in [-0.39, 0.29) is 5.56 Å². The van der Waals surface area contributed by atoms with Crippen LogP contribution in [0, 0.1) is 0 Å². The second kappa shape index (κ2) is 8.63. The van der Waals surface area contributed by atoms with E-state index >= 15 is 0 Å². The van der Waals surface area contributed by atoms with Crippen molar-refractivity contribution < 1.29 is 23.3 Å². The van der Waals surface area contributed by atoms with Crippen LogP contribution in [-0.4, -0.2) is 10.9 Å². The van der Waals surface area contributed by atoms with Crippen molar-refractivity contribution in [1.82, 2.24) is 0 Å². The van der Waals surface area contributed by atoms with E-state index in [2.05, 4.69) is 6.92 Å². The first kappa shape index (κ1) is 20.4. The van der Waals surface area contributed by atoms with E-state index in [9.17, 15) is 14.3 Å². The summed E-state index contributed by atoms with van der Waals surface area (Å²) in [5, 5.41) is 0. The summed E-state index contributed by atoms with van der Waals surface area (Å²) in [6.45, 7) is 5.39. The first-order chi connectivity index (χ1) is 12.2. The van der Waals surface area contributed by atoms with Gasteiger partial charge in [-0.15, -0.1) is 0 Å². The van der Waals surface area contributed by atoms with Gasteiger partial charge in [-0.3, -0.25) is 9.42 Å². The van der Waals surface area contributed by atoms with Gasteiger partial charge >= 0.3 is 13.8 Å². The van der Waals surface area contributed by atoms with Crippen LogP contribution in [0.15, 0.2) is 54.6 Å². The molecule has 0 aliphatic rings. The number of rotatable bonds is 8. The molecule has 1 N–H and O–H groups in total. The number of hydrogen-bond acceptors (Lipinski definition) is 4. The lowest BCUT2D eigenvalue weighted by molar-refractivity contribution is 0.0383. The average molecular weight is 376 g/mol. The van der Waals surface area contributed by atoms with Gasteiger partial charge < -0.3 is 4.52 Å². The lowest BCUT2D eigenvalue weighted by Gasteiger charge is -2.27. The van der Waals surface area contributed by atoms with Gasteiger partial charge in [0.2, 0.25) is 0 Å². The van der Waals surface area contributed by atoms with Gasteiger partial charge in [-0.2, -0.15) is 0 Å². The molecule has 2 aromatic rings. The number of carbonyl (C=O) groups is 1. The molecule has 0 amide bonds. The van der Waals surface area contributed by atoms with Crippen LogP contribution in [0.1, 0.15) is 55.1 Å². The second-order valence-electron chi connectivity index (χ2n) is 6.62. The third kappa shape index (κ3) is 5.80. The highest BCUT2D eigenvalue weighted by Gasteiger charge is 2.36. The summed E-state index contributed by atoms with van der Waals surface area (Å²) < 4.78 is 22.3. The van der Waals surface area contributed by atoms with Crippen molar-refractivity contribution in [2.24, 2.45) is 0 Å². The largest absolute Gasteiger partial charge is 0.530 e. The summed E-state index contributed by atoms with van der Waals surface area (Å²) in [6.07, 6.45) is 3.09. The monoisotopic (exact) mass is 376 g/mol. The Bertz CT molecular complexity index is 769. The van der Waals surface area contributed by atoms with Gasteiger partial charge in [0, 0.05) is 0 Å². The molecule has 0 bridgehead atoms. The fraction of sp³-hybridized carbons (Fsp3) is 0.350. The maximum atomic E-state index is 12.3.